The topological polar surface area (TPSA) is 86.5 Å². The zero-order valence-electron chi connectivity index (χ0n) is 16.1. The molecule has 2 rings (SSSR count). The van der Waals surface area contributed by atoms with Gasteiger partial charge in [-0.05, 0) is 52.3 Å². The molecule has 1 aromatic heterocycles. The lowest BCUT2D eigenvalue weighted by atomic mass is 10.1. The van der Waals surface area contributed by atoms with E-state index in [1.165, 1.54) is 0 Å². The third kappa shape index (κ3) is 5.75. The summed E-state index contributed by atoms with van der Waals surface area (Å²) >= 11 is 0. The van der Waals surface area contributed by atoms with Crippen molar-refractivity contribution >= 4 is 5.91 Å². The molecule has 142 valence electrons. The maximum atomic E-state index is 11.8. The van der Waals surface area contributed by atoms with Crippen LogP contribution in [0.3, 0.4) is 0 Å². The lowest BCUT2D eigenvalue weighted by Crippen LogP contribution is -2.40. The second kappa shape index (κ2) is 8.69. The molecule has 2 aromatic rings. The highest BCUT2D eigenvalue weighted by Crippen LogP contribution is 2.31. The van der Waals surface area contributed by atoms with Gasteiger partial charge in [0.1, 0.15) is 0 Å². The maximum absolute atomic E-state index is 11.8. The summed E-state index contributed by atoms with van der Waals surface area (Å²) in [6, 6.07) is 5.50. The van der Waals surface area contributed by atoms with E-state index in [2.05, 4.69) is 15.5 Å². The average molecular weight is 361 g/mol. The lowest BCUT2D eigenvalue weighted by Gasteiger charge is -2.20. The molecule has 0 radical (unpaired) electrons. The summed E-state index contributed by atoms with van der Waals surface area (Å²) < 4.78 is 16.1. The number of ether oxygens (including phenoxy) is 2. The van der Waals surface area contributed by atoms with Gasteiger partial charge < -0.3 is 19.3 Å². The fraction of sp³-hybridized carbons (Fsp3) is 0.526. The second-order valence-electron chi connectivity index (χ2n) is 6.96. The predicted molar refractivity (Wildman–Crippen MR) is 98.3 cm³/mol. The summed E-state index contributed by atoms with van der Waals surface area (Å²) in [5.41, 5.74) is 0.562. The molecular formula is C19H27N3O4. The summed E-state index contributed by atoms with van der Waals surface area (Å²) in [4.78, 5) is 16.2. The summed E-state index contributed by atoms with van der Waals surface area (Å²) in [7, 11) is 1.59. The minimum Gasteiger partial charge on any atom is -0.493 e. The normalized spacial score (nSPS) is 11.3. The number of aryl methyl sites for hydroxylation is 1. The number of nitrogens with one attached hydrogen (secondary N) is 1. The van der Waals surface area contributed by atoms with Gasteiger partial charge in [0.15, 0.2) is 11.5 Å². The van der Waals surface area contributed by atoms with Crippen LogP contribution in [0.1, 0.15) is 46.4 Å². The van der Waals surface area contributed by atoms with Crippen molar-refractivity contribution in [3.8, 4) is 22.9 Å². The molecule has 0 saturated heterocycles. The van der Waals surface area contributed by atoms with Gasteiger partial charge in [-0.15, -0.1) is 0 Å². The van der Waals surface area contributed by atoms with Crippen LogP contribution < -0.4 is 14.8 Å². The van der Waals surface area contributed by atoms with E-state index in [1.807, 2.05) is 45.9 Å². The van der Waals surface area contributed by atoms with E-state index in [9.17, 15) is 4.79 Å². The van der Waals surface area contributed by atoms with E-state index >= 15 is 0 Å². The molecule has 0 unspecified atom stereocenters. The Balaban J connectivity index is 1.96. The van der Waals surface area contributed by atoms with E-state index in [-0.39, 0.29) is 11.4 Å². The number of carbonyl (C=O) groups is 1. The Morgan fingerprint density at radius 3 is 2.69 bits per heavy atom. The predicted octanol–water partition coefficient (Wildman–Crippen LogP) is 3.38. The molecule has 0 spiro atoms. The smallest absolute Gasteiger partial charge is 0.226 e. The number of carbonyl (C=O) groups excluding carboxylic acids is 1. The Kier molecular flexibility index (Phi) is 6.60. The van der Waals surface area contributed by atoms with Crippen molar-refractivity contribution in [1.82, 2.24) is 15.5 Å². The van der Waals surface area contributed by atoms with Crippen molar-refractivity contribution in [3.05, 3.63) is 24.1 Å². The average Bonchev–Trinajstić information content (AvgIpc) is 3.02. The Hall–Kier alpha value is -2.57. The van der Waals surface area contributed by atoms with Crippen LogP contribution in [0.2, 0.25) is 0 Å². The molecule has 0 saturated carbocycles. The van der Waals surface area contributed by atoms with Crippen LogP contribution in [0.5, 0.6) is 11.5 Å². The minimum atomic E-state index is -0.221. The van der Waals surface area contributed by atoms with Crippen LogP contribution >= 0.6 is 0 Å². The Morgan fingerprint density at radius 2 is 2.04 bits per heavy atom. The van der Waals surface area contributed by atoms with Gasteiger partial charge in [-0.2, -0.15) is 4.98 Å². The first-order valence-corrected chi connectivity index (χ1v) is 8.77. The van der Waals surface area contributed by atoms with Crippen molar-refractivity contribution in [3.63, 3.8) is 0 Å². The molecule has 0 aliphatic heterocycles. The van der Waals surface area contributed by atoms with Crippen LogP contribution in [-0.4, -0.2) is 35.3 Å². The van der Waals surface area contributed by atoms with E-state index in [0.29, 0.717) is 49.1 Å². The molecule has 0 fully saturated rings. The zero-order chi connectivity index (χ0) is 19.2. The third-order valence-electron chi connectivity index (χ3n) is 3.50. The number of amides is 1. The fourth-order valence-corrected chi connectivity index (χ4v) is 2.44. The van der Waals surface area contributed by atoms with Gasteiger partial charge in [0.05, 0.1) is 13.7 Å². The number of hydrogen-bond donors (Lipinski definition) is 1. The molecule has 1 heterocycles. The van der Waals surface area contributed by atoms with Crippen LogP contribution in [-0.2, 0) is 11.2 Å². The van der Waals surface area contributed by atoms with E-state index in [4.69, 9.17) is 14.0 Å². The first-order valence-electron chi connectivity index (χ1n) is 8.77. The molecule has 1 amide bonds. The van der Waals surface area contributed by atoms with Crippen molar-refractivity contribution in [1.29, 1.82) is 0 Å². The summed E-state index contributed by atoms with van der Waals surface area (Å²) in [5, 5.41) is 6.95. The summed E-state index contributed by atoms with van der Waals surface area (Å²) in [6.07, 6.45) is 1.63. The first-order chi connectivity index (χ1) is 12.3. The Labute approximate surface area is 154 Å². The van der Waals surface area contributed by atoms with Crippen molar-refractivity contribution < 1.29 is 18.8 Å². The van der Waals surface area contributed by atoms with Gasteiger partial charge in [-0.25, -0.2) is 0 Å². The Morgan fingerprint density at radius 1 is 1.27 bits per heavy atom. The van der Waals surface area contributed by atoms with Gasteiger partial charge in [0, 0.05) is 23.9 Å². The molecule has 7 heteroatoms. The van der Waals surface area contributed by atoms with Gasteiger partial charge in [-0.1, -0.05) is 5.16 Å². The molecule has 1 N–H and O–H groups in total. The van der Waals surface area contributed by atoms with Crippen molar-refractivity contribution in [2.24, 2.45) is 0 Å². The SMILES string of the molecule is CCOc1ccc(-c2noc(CCCC(=O)NC(C)(C)C)n2)cc1OC. The maximum Gasteiger partial charge on any atom is 0.226 e. The minimum absolute atomic E-state index is 0.0217. The van der Waals surface area contributed by atoms with Gasteiger partial charge in [-0.3, -0.25) is 4.79 Å². The second-order valence-corrected chi connectivity index (χ2v) is 6.96. The fourth-order valence-electron chi connectivity index (χ4n) is 2.44. The van der Waals surface area contributed by atoms with E-state index in [0.717, 1.165) is 5.56 Å². The van der Waals surface area contributed by atoms with E-state index < -0.39 is 0 Å². The molecule has 7 nitrogen and oxygen atoms in total. The molecule has 0 bridgehead atoms. The number of rotatable bonds is 8. The number of aromatic nitrogens is 2. The molecule has 0 aliphatic carbocycles. The largest absolute Gasteiger partial charge is 0.493 e. The van der Waals surface area contributed by atoms with Crippen LogP contribution in [0.25, 0.3) is 11.4 Å². The zero-order valence-corrected chi connectivity index (χ0v) is 16.1. The van der Waals surface area contributed by atoms with Crippen molar-refractivity contribution in [2.75, 3.05) is 13.7 Å². The highest BCUT2D eigenvalue weighted by atomic mass is 16.5. The summed E-state index contributed by atoms with van der Waals surface area (Å²) in [5.74, 6) is 2.31. The van der Waals surface area contributed by atoms with Crippen LogP contribution in [0, 0.1) is 0 Å². The van der Waals surface area contributed by atoms with Gasteiger partial charge >= 0.3 is 0 Å². The highest BCUT2D eigenvalue weighted by Gasteiger charge is 2.15. The lowest BCUT2D eigenvalue weighted by molar-refractivity contribution is -0.122. The third-order valence-corrected chi connectivity index (χ3v) is 3.50. The molecule has 26 heavy (non-hydrogen) atoms. The quantitative estimate of drug-likeness (QED) is 0.776. The van der Waals surface area contributed by atoms with Gasteiger partial charge in [0.2, 0.25) is 17.6 Å². The van der Waals surface area contributed by atoms with Crippen LogP contribution in [0.15, 0.2) is 22.7 Å². The molecular weight excluding hydrogens is 334 g/mol. The highest BCUT2D eigenvalue weighted by molar-refractivity contribution is 5.76. The standard InChI is InChI=1S/C19H27N3O4/c1-6-25-14-11-10-13(12-15(14)24-5)18-20-17(26-22-18)9-7-8-16(23)21-19(2,3)4/h10-12H,6-9H2,1-5H3,(H,21,23). The first kappa shape index (κ1) is 19.8. The number of hydrogen-bond acceptors (Lipinski definition) is 6. The molecule has 1 aromatic carbocycles. The molecule has 0 atom stereocenters. The summed E-state index contributed by atoms with van der Waals surface area (Å²) in [6.45, 7) is 8.35. The van der Waals surface area contributed by atoms with Crippen LogP contribution in [0.4, 0.5) is 0 Å². The molecule has 0 aliphatic rings. The monoisotopic (exact) mass is 361 g/mol. The Bertz CT molecular complexity index is 735. The number of benzene rings is 1. The van der Waals surface area contributed by atoms with Crippen molar-refractivity contribution in [2.45, 2.75) is 52.5 Å². The number of nitrogens with zero attached hydrogens (tertiary/aromatic N) is 2. The number of methoxy groups -OCH3 is 1. The van der Waals surface area contributed by atoms with E-state index in [1.54, 1.807) is 7.11 Å². The van der Waals surface area contributed by atoms with Gasteiger partial charge in [0.25, 0.3) is 0 Å².